The molecule has 120 valence electrons. The molecule has 6 nitrogen and oxygen atoms in total. The van der Waals surface area contributed by atoms with Crippen molar-refractivity contribution in [2.75, 3.05) is 4.90 Å². The summed E-state index contributed by atoms with van der Waals surface area (Å²) in [6.45, 7) is 1.74. The van der Waals surface area contributed by atoms with E-state index < -0.39 is 10.0 Å². The summed E-state index contributed by atoms with van der Waals surface area (Å²) in [7, 11) is -3.90. The molecule has 2 bridgehead atoms. The average molecular weight is 332 g/mol. The molecule has 1 heterocycles. The quantitative estimate of drug-likeness (QED) is 0.644. The maximum absolute atomic E-state index is 12.8. The Hall–Kier alpha value is -1.99. The summed E-state index contributed by atoms with van der Waals surface area (Å²) in [6, 6.07) is 4.26. The minimum Gasteiger partial charge on any atom is -0.274 e. The van der Waals surface area contributed by atoms with E-state index >= 15 is 0 Å². The summed E-state index contributed by atoms with van der Waals surface area (Å²) in [4.78, 5) is 26.6. The van der Waals surface area contributed by atoms with Crippen LogP contribution in [0.1, 0.15) is 12.0 Å². The lowest BCUT2D eigenvalue weighted by molar-refractivity contribution is -0.123. The first-order chi connectivity index (χ1) is 10.8. The van der Waals surface area contributed by atoms with Crippen molar-refractivity contribution in [2.45, 2.75) is 18.2 Å². The number of amides is 2. The molecule has 2 aliphatic carbocycles. The van der Waals surface area contributed by atoms with E-state index in [2.05, 4.69) is 0 Å². The predicted octanol–water partition coefficient (Wildman–Crippen LogP) is 0.954. The molecule has 1 aromatic rings. The number of anilines is 1. The molecule has 1 aliphatic heterocycles. The number of carbonyl (C=O) groups excluding carboxylic acids is 2. The third-order valence-electron chi connectivity index (χ3n) is 5.22. The molecule has 1 aromatic carbocycles. The van der Waals surface area contributed by atoms with E-state index in [-0.39, 0.29) is 40.4 Å². The molecule has 0 spiro atoms. The number of aryl methyl sites for hydroxylation is 1. The van der Waals surface area contributed by atoms with Gasteiger partial charge in [0.2, 0.25) is 21.8 Å². The number of hydrogen-bond acceptors (Lipinski definition) is 4. The third-order valence-corrected chi connectivity index (χ3v) is 6.13. The molecule has 4 atom stereocenters. The fourth-order valence-electron chi connectivity index (χ4n) is 4.15. The molecule has 1 saturated carbocycles. The number of allylic oxidation sites excluding steroid dienone is 2. The second-order valence-corrected chi connectivity index (χ2v) is 8.07. The maximum Gasteiger partial charge on any atom is 0.238 e. The van der Waals surface area contributed by atoms with Crippen LogP contribution in [0.25, 0.3) is 0 Å². The molecule has 2 fully saturated rings. The highest BCUT2D eigenvalue weighted by molar-refractivity contribution is 7.89. The molecule has 23 heavy (non-hydrogen) atoms. The van der Waals surface area contributed by atoms with E-state index in [1.807, 2.05) is 12.2 Å². The number of carbonyl (C=O) groups is 2. The van der Waals surface area contributed by atoms with Crippen LogP contribution in [-0.2, 0) is 19.6 Å². The number of imide groups is 1. The van der Waals surface area contributed by atoms with Gasteiger partial charge in [0.05, 0.1) is 22.4 Å². The Bertz CT molecular complexity index is 844. The average Bonchev–Trinajstić information content (AvgIpc) is 3.13. The predicted molar refractivity (Wildman–Crippen MR) is 82.8 cm³/mol. The zero-order chi connectivity index (χ0) is 16.5. The van der Waals surface area contributed by atoms with Gasteiger partial charge in [-0.15, -0.1) is 0 Å². The van der Waals surface area contributed by atoms with Crippen molar-refractivity contribution >= 4 is 27.5 Å². The van der Waals surface area contributed by atoms with Gasteiger partial charge in [-0.25, -0.2) is 18.5 Å². The van der Waals surface area contributed by atoms with Gasteiger partial charge < -0.3 is 0 Å². The largest absolute Gasteiger partial charge is 0.274 e. The minimum atomic E-state index is -3.90. The summed E-state index contributed by atoms with van der Waals surface area (Å²) < 4.78 is 23.1. The Morgan fingerprint density at radius 1 is 1.09 bits per heavy atom. The number of nitrogens with two attached hydrogens (primary N) is 1. The van der Waals surface area contributed by atoms with Crippen LogP contribution in [-0.4, -0.2) is 20.2 Å². The normalized spacial score (nSPS) is 32.0. The van der Waals surface area contributed by atoms with E-state index in [9.17, 15) is 18.0 Å². The van der Waals surface area contributed by atoms with Gasteiger partial charge in [0.1, 0.15) is 0 Å². The second kappa shape index (κ2) is 4.52. The molecule has 0 unspecified atom stereocenters. The van der Waals surface area contributed by atoms with Gasteiger partial charge in [0.15, 0.2) is 0 Å². The van der Waals surface area contributed by atoms with Gasteiger partial charge >= 0.3 is 0 Å². The summed E-state index contributed by atoms with van der Waals surface area (Å²) >= 11 is 0. The van der Waals surface area contributed by atoms with E-state index in [1.54, 1.807) is 13.0 Å². The monoisotopic (exact) mass is 332 g/mol. The first-order valence-corrected chi connectivity index (χ1v) is 9.03. The fraction of sp³-hybridized carbons (Fsp3) is 0.375. The number of primary sulfonamides is 1. The summed E-state index contributed by atoms with van der Waals surface area (Å²) in [5, 5.41) is 5.16. The van der Waals surface area contributed by atoms with Crippen molar-refractivity contribution in [1.82, 2.24) is 0 Å². The van der Waals surface area contributed by atoms with Gasteiger partial charge in [0, 0.05) is 0 Å². The lowest BCUT2D eigenvalue weighted by Gasteiger charge is -2.20. The lowest BCUT2D eigenvalue weighted by atomic mass is 9.85. The topological polar surface area (TPSA) is 97.5 Å². The summed E-state index contributed by atoms with van der Waals surface area (Å²) in [6.07, 6.45) is 4.90. The van der Waals surface area contributed by atoms with Crippen LogP contribution in [0.5, 0.6) is 0 Å². The van der Waals surface area contributed by atoms with Crippen LogP contribution in [0, 0.1) is 30.6 Å². The van der Waals surface area contributed by atoms with Crippen LogP contribution in [0.4, 0.5) is 5.69 Å². The number of hydrogen-bond donors (Lipinski definition) is 1. The van der Waals surface area contributed by atoms with Crippen LogP contribution < -0.4 is 10.0 Å². The first-order valence-electron chi connectivity index (χ1n) is 7.48. The minimum absolute atomic E-state index is 0.100. The number of sulfonamides is 1. The van der Waals surface area contributed by atoms with E-state index in [0.29, 0.717) is 11.3 Å². The summed E-state index contributed by atoms with van der Waals surface area (Å²) in [5.41, 5.74) is 0.986. The van der Waals surface area contributed by atoms with E-state index in [4.69, 9.17) is 5.14 Å². The highest BCUT2D eigenvalue weighted by Gasteiger charge is 2.59. The van der Waals surface area contributed by atoms with Crippen LogP contribution in [0.3, 0.4) is 0 Å². The molecule has 2 N–H and O–H groups in total. The van der Waals surface area contributed by atoms with Gasteiger partial charge in [-0.05, 0) is 42.9 Å². The lowest BCUT2D eigenvalue weighted by Crippen LogP contribution is -2.33. The standard InChI is InChI=1S/C16H16N2O4S/c1-8-2-5-11(23(17,21)22)7-12(8)18-15(19)13-9-3-4-10(6-9)14(13)16(18)20/h2-5,7,9-10,13-14H,6H2,1H3,(H2,17,21,22)/t9-,10-,13-,14-/m0/s1. The van der Waals surface area contributed by atoms with Crippen LogP contribution >= 0.6 is 0 Å². The number of nitrogens with zero attached hydrogens (tertiary/aromatic N) is 1. The number of rotatable bonds is 2. The third kappa shape index (κ3) is 1.93. The Morgan fingerprint density at radius 2 is 1.65 bits per heavy atom. The van der Waals surface area contributed by atoms with Crippen molar-refractivity contribution < 1.29 is 18.0 Å². The van der Waals surface area contributed by atoms with E-state index in [0.717, 1.165) is 11.3 Å². The Balaban J connectivity index is 1.81. The molecule has 2 amide bonds. The van der Waals surface area contributed by atoms with Gasteiger partial charge in [0.25, 0.3) is 0 Å². The SMILES string of the molecule is Cc1ccc(S(N)(=O)=O)cc1N1C(=O)[C@@H]2[C@@H](C1=O)[C@H]1C=C[C@H]2C1. The first kappa shape index (κ1) is 14.6. The van der Waals surface area contributed by atoms with Crippen molar-refractivity contribution in [3.8, 4) is 0 Å². The maximum atomic E-state index is 12.8. The molecule has 0 aromatic heterocycles. The molecule has 4 rings (SSSR count). The van der Waals surface area contributed by atoms with Crippen molar-refractivity contribution in [3.05, 3.63) is 35.9 Å². The van der Waals surface area contributed by atoms with Crippen molar-refractivity contribution in [3.63, 3.8) is 0 Å². The molecule has 1 saturated heterocycles. The highest BCUT2D eigenvalue weighted by Crippen LogP contribution is 2.53. The fourth-order valence-corrected chi connectivity index (χ4v) is 4.68. The van der Waals surface area contributed by atoms with E-state index in [1.165, 1.54) is 12.1 Å². The second-order valence-electron chi connectivity index (χ2n) is 6.51. The Labute approximate surface area is 134 Å². The highest BCUT2D eigenvalue weighted by atomic mass is 32.2. The van der Waals surface area contributed by atoms with Crippen molar-refractivity contribution in [1.29, 1.82) is 0 Å². The van der Waals surface area contributed by atoms with Crippen molar-refractivity contribution in [2.24, 2.45) is 28.8 Å². The molecule has 0 radical (unpaired) electrons. The Kier molecular flexibility index (Phi) is 2.87. The number of fused-ring (bicyclic) bond motifs is 5. The van der Waals surface area contributed by atoms with Gasteiger partial charge in [-0.3, -0.25) is 9.59 Å². The van der Waals surface area contributed by atoms with Crippen LogP contribution in [0.15, 0.2) is 35.2 Å². The Morgan fingerprint density at radius 3 is 2.17 bits per heavy atom. The molecular weight excluding hydrogens is 316 g/mol. The summed E-state index contributed by atoms with van der Waals surface area (Å²) in [5.74, 6) is -0.843. The molecular formula is C16H16N2O4S. The van der Waals surface area contributed by atoms with Crippen LogP contribution in [0.2, 0.25) is 0 Å². The van der Waals surface area contributed by atoms with Gasteiger partial charge in [-0.2, -0.15) is 0 Å². The smallest absolute Gasteiger partial charge is 0.238 e. The zero-order valence-corrected chi connectivity index (χ0v) is 13.3. The molecule has 3 aliphatic rings. The van der Waals surface area contributed by atoms with Gasteiger partial charge in [-0.1, -0.05) is 18.2 Å². The zero-order valence-electron chi connectivity index (χ0n) is 12.5. The molecule has 7 heteroatoms. The number of benzene rings is 1.